The van der Waals surface area contributed by atoms with Crippen molar-refractivity contribution in [1.82, 2.24) is 19.9 Å². The van der Waals surface area contributed by atoms with E-state index in [4.69, 9.17) is 26.4 Å². The SMILES string of the molecule is C#CC(=O)NCCOCCc1ccc2c(c1)nc(N)c1nc(CCCC)n(Cc3cccc(O)c3OP(=O)(O)O)c12. The largest absolute Gasteiger partial charge is 0.524 e. The summed E-state index contributed by atoms with van der Waals surface area (Å²) in [6.45, 7) is 3.26. The van der Waals surface area contributed by atoms with Gasteiger partial charge in [-0.25, -0.2) is 14.5 Å². The third kappa shape index (κ3) is 7.34. The van der Waals surface area contributed by atoms with Gasteiger partial charge in [-0.05, 0) is 36.5 Å². The van der Waals surface area contributed by atoms with Gasteiger partial charge in [-0.2, -0.15) is 0 Å². The van der Waals surface area contributed by atoms with Crippen molar-refractivity contribution in [3.63, 3.8) is 0 Å². The Morgan fingerprint density at radius 2 is 2.00 bits per heavy atom. The van der Waals surface area contributed by atoms with E-state index in [0.29, 0.717) is 49.2 Å². The number of aromatic hydroxyl groups is 1. The summed E-state index contributed by atoms with van der Waals surface area (Å²) in [5, 5.41) is 13.7. The Hall–Kier alpha value is -4.14. The number of pyridine rings is 1. The lowest BCUT2D eigenvalue weighted by molar-refractivity contribution is -0.115. The van der Waals surface area contributed by atoms with Crippen LogP contribution in [0.15, 0.2) is 36.4 Å². The highest BCUT2D eigenvalue weighted by molar-refractivity contribution is 7.46. The zero-order chi connectivity index (χ0) is 29.6. The number of para-hydroxylation sites is 1. The molecule has 4 rings (SSSR count). The molecule has 13 heteroatoms. The maximum atomic E-state index is 11.6. The number of aryl methyl sites for hydroxylation is 1. The van der Waals surface area contributed by atoms with Crippen LogP contribution in [0.25, 0.3) is 21.9 Å². The van der Waals surface area contributed by atoms with E-state index in [1.54, 1.807) is 12.1 Å². The number of ether oxygens (including phenoxy) is 1. The van der Waals surface area contributed by atoms with Crippen LogP contribution < -0.4 is 15.6 Å². The van der Waals surface area contributed by atoms with E-state index >= 15 is 0 Å². The van der Waals surface area contributed by atoms with Gasteiger partial charge in [0.05, 0.1) is 30.8 Å². The second-order valence-corrected chi connectivity index (χ2v) is 10.5. The van der Waals surface area contributed by atoms with Gasteiger partial charge in [0, 0.05) is 23.9 Å². The Morgan fingerprint density at radius 3 is 2.73 bits per heavy atom. The van der Waals surface area contributed by atoms with E-state index < -0.39 is 13.7 Å². The molecule has 0 radical (unpaired) electrons. The van der Waals surface area contributed by atoms with E-state index in [-0.39, 0.29) is 23.9 Å². The Balaban J connectivity index is 1.69. The fourth-order valence-electron chi connectivity index (χ4n) is 4.53. The van der Waals surface area contributed by atoms with Crippen molar-refractivity contribution in [1.29, 1.82) is 0 Å². The van der Waals surface area contributed by atoms with Gasteiger partial charge in [0.25, 0.3) is 5.91 Å². The third-order valence-corrected chi connectivity index (χ3v) is 6.83. The molecule has 4 aromatic rings. The van der Waals surface area contributed by atoms with Crippen molar-refractivity contribution in [2.24, 2.45) is 0 Å². The van der Waals surface area contributed by atoms with Crippen LogP contribution in [0.4, 0.5) is 5.82 Å². The van der Waals surface area contributed by atoms with Crippen LogP contribution in [0.5, 0.6) is 11.5 Å². The first-order valence-electron chi connectivity index (χ1n) is 13.1. The molecule has 0 aliphatic carbocycles. The molecule has 12 nitrogen and oxygen atoms in total. The van der Waals surface area contributed by atoms with Gasteiger partial charge in [-0.3, -0.25) is 14.6 Å². The second kappa shape index (κ2) is 13.0. The molecule has 2 aromatic heterocycles. The first kappa shape index (κ1) is 29.8. The predicted octanol–water partition coefficient (Wildman–Crippen LogP) is 3.04. The average Bonchev–Trinajstić information content (AvgIpc) is 3.29. The summed E-state index contributed by atoms with van der Waals surface area (Å²) in [6, 6.07) is 10.3. The summed E-state index contributed by atoms with van der Waals surface area (Å²) in [6.07, 6.45) is 8.04. The fourth-order valence-corrected chi connectivity index (χ4v) is 4.97. The number of nitrogens with zero attached hydrogens (tertiary/aromatic N) is 3. The summed E-state index contributed by atoms with van der Waals surface area (Å²) >= 11 is 0. The monoisotopic (exact) mass is 581 g/mol. The highest BCUT2D eigenvalue weighted by Gasteiger charge is 2.24. The normalized spacial score (nSPS) is 11.6. The molecule has 0 bridgehead atoms. The molecule has 0 unspecified atom stereocenters. The number of amides is 1. The van der Waals surface area contributed by atoms with E-state index in [1.807, 2.05) is 28.7 Å². The van der Waals surface area contributed by atoms with Gasteiger partial charge in [-0.15, -0.1) is 6.42 Å². The number of nitrogens with one attached hydrogen (secondary N) is 1. The molecule has 41 heavy (non-hydrogen) atoms. The number of phenolic OH excluding ortho intramolecular Hbond substituents is 1. The summed E-state index contributed by atoms with van der Waals surface area (Å²) in [5.41, 5.74) is 9.60. The molecule has 0 saturated carbocycles. The Morgan fingerprint density at radius 1 is 1.20 bits per heavy atom. The number of unbranched alkanes of at least 4 members (excludes halogenated alkanes) is 1. The number of phosphoric acid groups is 1. The maximum Gasteiger partial charge on any atom is 0.524 e. The Bertz CT molecular complexity index is 1660. The van der Waals surface area contributed by atoms with Gasteiger partial charge in [0.2, 0.25) is 0 Å². The van der Waals surface area contributed by atoms with Crippen molar-refractivity contribution < 1.29 is 33.5 Å². The molecule has 0 fully saturated rings. The smallest absolute Gasteiger partial charge is 0.504 e. The van der Waals surface area contributed by atoms with Gasteiger partial charge < -0.3 is 30.0 Å². The number of hydrogen-bond acceptors (Lipinski definition) is 8. The number of aromatic nitrogens is 3. The van der Waals surface area contributed by atoms with Gasteiger partial charge >= 0.3 is 7.82 Å². The molecule has 216 valence electrons. The van der Waals surface area contributed by atoms with Gasteiger partial charge in [0.15, 0.2) is 17.3 Å². The summed E-state index contributed by atoms with van der Waals surface area (Å²) < 4.78 is 24.0. The molecule has 0 aliphatic heterocycles. The second-order valence-electron chi connectivity index (χ2n) is 9.37. The van der Waals surface area contributed by atoms with E-state index in [0.717, 1.165) is 35.1 Å². The summed E-state index contributed by atoms with van der Waals surface area (Å²) in [5.74, 6) is 1.80. The minimum atomic E-state index is -4.94. The average molecular weight is 582 g/mol. The Labute approximate surface area is 236 Å². The Kier molecular flexibility index (Phi) is 9.47. The highest BCUT2D eigenvalue weighted by atomic mass is 31.2. The lowest BCUT2D eigenvalue weighted by atomic mass is 10.1. The number of phosphoric ester groups is 1. The number of anilines is 1. The summed E-state index contributed by atoms with van der Waals surface area (Å²) in [7, 11) is -4.94. The molecule has 2 heterocycles. The number of terminal acetylenes is 1. The lowest BCUT2D eigenvalue weighted by Crippen LogP contribution is -2.25. The summed E-state index contributed by atoms with van der Waals surface area (Å²) in [4.78, 5) is 39.4. The minimum Gasteiger partial charge on any atom is -0.504 e. The number of rotatable bonds is 13. The first-order valence-corrected chi connectivity index (χ1v) is 14.6. The minimum absolute atomic E-state index is 0.115. The zero-order valence-electron chi connectivity index (χ0n) is 22.5. The number of phenols is 1. The molecule has 0 atom stereocenters. The standard InChI is InChI=1S/C28H32N5O7P/c1-3-5-9-23-32-25-26(33(23)17-19-7-6-8-22(34)27(19)40-41(36,37)38)20-11-10-18(16-21(20)31-28(25)29)12-14-39-15-13-30-24(35)4-2/h2,6-8,10-11,16,34H,3,5,9,12-15,17H2,1H3,(H2,29,31)(H,30,35)(H2,36,37,38). The van der Waals surface area contributed by atoms with Crippen LogP contribution in [0.2, 0.25) is 0 Å². The van der Waals surface area contributed by atoms with E-state index in [2.05, 4.69) is 17.2 Å². The van der Waals surface area contributed by atoms with E-state index in [1.165, 1.54) is 6.07 Å². The number of hydrogen-bond donors (Lipinski definition) is 5. The van der Waals surface area contributed by atoms with Crippen molar-refractivity contribution in [3.05, 3.63) is 53.3 Å². The lowest BCUT2D eigenvalue weighted by Gasteiger charge is -2.16. The molecule has 1 amide bonds. The fraction of sp³-hybridized carbons (Fsp3) is 0.321. The molecule has 0 aliphatic rings. The number of benzene rings is 2. The molecule has 0 spiro atoms. The predicted molar refractivity (Wildman–Crippen MR) is 154 cm³/mol. The molecular formula is C28H32N5O7P. The number of carbonyl (C=O) groups excluding carboxylic acids is 1. The topological polar surface area (TPSA) is 182 Å². The molecule has 6 N–H and O–H groups in total. The first-order chi connectivity index (χ1) is 19.6. The van der Waals surface area contributed by atoms with Gasteiger partial charge in [0.1, 0.15) is 11.3 Å². The maximum absolute atomic E-state index is 11.6. The van der Waals surface area contributed by atoms with Crippen LogP contribution in [0, 0.1) is 12.3 Å². The quantitative estimate of drug-likeness (QED) is 0.0894. The van der Waals surface area contributed by atoms with Crippen LogP contribution in [-0.4, -0.2) is 55.1 Å². The van der Waals surface area contributed by atoms with Crippen molar-refractivity contribution in [2.45, 2.75) is 39.2 Å². The van der Waals surface area contributed by atoms with Crippen LogP contribution in [0.3, 0.4) is 0 Å². The highest BCUT2D eigenvalue weighted by Crippen LogP contribution is 2.44. The number of imidazole rings is 1. The van der Waals surface area contributed by atoms with E-state index in [9.17, 15) is 24.3 Å². The molecule has 2 aromatic carbocycles. The molecule has 0 saturated heterocycles. The van der Waals surface area contributed by atoms with Crippen molar-refractivity contribution in [3.8, 4) is 23.8 Å². The zero-order valence-corrected chi connectivity index (χ0v) is 23.4. The van der Waals surface area contributed by atoms with Crippen molar-refractivity contribution in [2.75, 3.05) is 25.5 Å². The van der Waals surface area contributed by atoms with Crippen LogP contribution >= 0.6 is 7.82 Å². The number of nitrogen functional groups attached to an aromatic ring is 1. The number of carbonyl (C=O) groups is 1. The third-order valence-electron chi connectivity index (χ3n) is 6.41. The molecular weight excluding hydrogens is 549 g/mol. The van der Waals surface area contributed by atoms with Crippen LogP contribution in [0.1, 0.15) is 36.7 Å². The van der Waals surface area contributed by atoms with Crippen molar-refractivity contribution >= 4 is 41.5 Å². The number of nitrogens with two attached hydrogens (primary N) is 1. The van der Waals surface area contributed by atoms with Crippen LogP contribution in [-0.2, 0) is 33.5 Å². The van der Waals surface area contributed by atoms with Gasteiger partial charge in [-0.1, -0.05) is 37.6 Å². The number of fused-ring (bicyclic) bond motifs is 3.